The van der Waals surface area contributed by atoms with Gasteiger partial charge in [-0.1, -0.05) is 22.0 Å². The average Bonchev–Trinajstić information content (AvgIpc) is 2.70. The lowest BCUT2D eigenvalue weighted by atomic mass is 10.2. The number of benzene rings is 1. The lowest BCUT2D eigenvalue weighted by molar-refractivity contribution is 0.555. The Balaban J connectivity index is 2.27. The Kier molecular flexibility index (Phi) is 3.80. The topological polar surface area (TPSA) is 39.1 Å². The first-order valence-corrected chi connectivity index (χ1v) is 8.62. The van der Waals surface area contributed by atoms with Gasteiger partial charge in [0.2, 0.25) is 0 Å². The summed E-state index contributed by atoms with van der Waals surface area (Å²) in [6, 6.07) is 7.95. The maximum absolute atomic E-state index is 12.1. The molecule has 104 valence electrons. The number of rotatable bonds is 3. The molecule has 1 aromatic carbocycles. The largest absolute Gasteiger partial charge is 0.346 e. The second kappa shape index (κ2) is 4.94. The van der Waals surface area contributed by atoms with E-state index in [1.807, 2.05) is 35.0 Å². The van der Waals surface area contributed by atoms with Crippen molar-refractivity contribution < 1.29 is 8.42 Å². The zero-order chi connectivity index (χ0) is 14.3. The molecule has 0 radical (unpaired) electrons. The third kappa shape index (κ3) is 2.87. The van der Waals surface area contributed by atoms with Gasteiger partial charge in [0, 0.05) is 28.1 Å². The van der Waals surface area contributed by atoms with E-state index in [1.54, 1.807) is 20.8 Å². The van der Waals surface area contributed by atoms with Gasteiger partial charge in [0.25, 0.3) is 0 Å². The van der Waals surface area contributed by atoms with E-state index in [-0.39, 0.29) is 5.75 Å². The fourth-order valence-corrected chi connectivity index (χ4v) is 3.44. The zero-order valence-electron chi connectivity index (χ0n) is 11.4. The molecule has 0 amide bonds. The first-order chi connectivity index (χ1) is 8.72. The van der Waals surface area contributed by atoms with Gasteiger partial charge in [-0.05, 0) is 39.0 Å². The second-order valence-corrected chi connectivity index (χ2v) is 9.33. The van der Waals surface area contributed by atoms with Crippen LogP contribution < -0.4 is 0 Å². The minimum atomic E-state index is -3.09. The van der Waals surface area contributed by atoms with Gasteiger partial charge in [0.15, 0.2) is 9.84 Å². The van der Waals surface area contributed by atoms with E-state index in [2.05, 4.69) is 15.9 Å². The highest BCUT2D eigenvalue weighted by Crippen LogP contribution is 2.25. The van der Waals surface area contributed by atoms with Gasteiger partial charge in [-0.3, -0.25) is 0 Å². The van der Waals surface area contributed by atoms with E-state index >= 15 is 0 Å². The summed E-state index contributed by atoms with van der Waals surface area (Å²) in [5.41, 5.74) is 1.05. The van der Waals surface area contributed by atoms with Gasteiger partial charge in [0.1, 0.15) is 0 Å². The van der Waals surface area contributed by atoms with Crippen molar-refractivity contribution in [2.45, 2.75) is 32.1 Å². The lowest BCUT2D eigenvalue weighted by Crippen LogP contribution is -2.31. The van der Waals surface area contributed by atoms with Crippen LogP contribution in [0.1, 0.15) is 20.8 Å². The summed E-state index contributed by atoms with van der Waals surface area (Å²) in [5.74, 6) is 0.160. The molecule has 0 saturated carbocycles. The van der Waals surface area contributed by atoms with Crippen LogP contribution in [0.3, 0.4) is 0 Å². The molecular formula is C14H18BrNO2S. The van der Waals surface area contributed by atoms with Crippen LogP contribution in [0.25, 0.3) is 10.9 Å². The molecule has 0 aliphatic rings. The number of aryl methyl sites for hydroxylation is 1. The predicted molar refractivity (Wildman–Crippen MR) is 83.2 cm³/mol. The fourth-order valence-electron chi connectivity index (χ4n) is 1.91. The highest BCUT2D eigenvalue weighted by Gasteiger charge is 2.28. The van der Waals surface area contributed by atoms with Gasteiger partial charge in [-0.25, -0.2) is 8.42 Å². The number of sulfone groups is 1. The molecule has 0 atom stereocenters. The molecule has 2 aromatic rings. The van der Waals surface area contributed by atoms with Crippen LogP contribution >= 0.6 is 15.9 Å². The van der Waals surface area contributed by atoms with Crippen molar-refractivity contribution in [1.29, 1.82) is 0 Å². The Morgan fingerprint density at radius 1 is 1.21 bits per heavy atom. The fraction of sp³-hybridized carbons (Fsp3) is 0.429. The van der Waals surface area contributed by atoms with E-state index < -0.39 is 14.6 Å². The smallest absolute Gasteiger partial charge is 0.156 e. The molecular weight excluding hydrogens is 326 g/mol. The third-order valence-electron chi connectivity index (χ3n) is 3.29. The zero-order valence-corrected chi connectivity index (χ0v) is 13.8. The minimum absolute atomic E-state index is 0.160. The monoisotopic (exact) mass is 343 g/mol. The quantitative estimate of drug-likeness (QED) is 0.853. The number of hydrogen-bond donors (Lipinski definition) is 0. The van der Waals surface area contributed by atoms with Gasteiger partial charge < -0.3 is 4.57 Å². The molecule has 5 heteroatoms. The van der Waals surface area contributed by atoms with Gasteiger partial charge in [-0.2, -0.15) is 0 Å². The summed E-state index contributed by atoms with van der Waals surface area (Å²) in [7, 11) is -3.09. The molecule has 0 aliphatic heterocycles. The van der Waals surface area contributed by atoms with Crippen molar-refractivity contribution in [1.82, 2.24) is 4.57 Å². The summed E-state index contributed by atoms with van der Waals surface area (Å²) >= 11 is 3.50. The minimum Gasteiger partial charge on any atom is -0.346 e. The number of nitrogens with zero attached hydrogens (tertiary/aromatic N) is 1. The lowest BCUT2D eigenvalue weighted by Gasteiger charge is -2.19. The van der Waals surface area contributed by atoms with Crippen molar-refractivity contribution in [2.24, 2.45) is 0 Å². The Labute approximate surface area is 122 Å². The maximum Gasteiger partial charge on any atom is 0.156 e. The Morgan fingerprint density at radius 2 is 1.89 bits per heavy atom. The van der Waals surface area contributed by atoms with Crippen LogP contribution in [-0.2, 0) is 16.4 Å². The summed E-state index contributed by atoms with van der Waals surface area (Å²) in [5, 5.41) is 1.11. The molecule has 0 bridgehead atoms. The van der Waals surface area contributed by atoms with Crippen LogP contribution in [0.15, 0.2) is 34.9 Å². The van der Waals surface area contributed by atoms with Crippen LogP contribution in [0.5, 0.6) is 0 Å². The van der Waals surface area contributed by atoms with Crippen LogP contribution in [0.2, 0.25) is 0 Å². The van der Waals surface area contributed by atoms with Gasteiger partial charge in [0.05, 0.1) is 10.5 Å². The molecule has 0 aliphatic carbocycles. The predicted octanol–water partition coefficient (Wildman–Crippen LogP) is 3.62. The van der Waals surface area contributed by atoms with Crippen LogP contribution in [0.4, 0.5) is 0 Å². The highest BCUT2D eigenvalue weighted by molar-refractivity contribution is 9.10. The van der Waals surface area contributed by atoms with E-state index in [0.717, 1.165) is 15.4 Å². The van der Waals surface area contributed by atoms with Crippen molar-refractivity contribution >= 4 is 36.7 Å². The Bertz CT molecular complexity index is 696. The summed E-state index contributed by atoms with van der Waals surface area (Å²) in [6.45, 7) is 5.71. The van der Waals surface area contributed by atoms with E-state index in [1.165, 1.54) is 0 Å². The molecule has 1 aromatic heterocycles. The van der Waals surface area contributed by atoms with E-state index in [9.17, 15) is 8.42 Å². The highest BCUT2D eigenvalue weighted by atomic mass is 79.9. The molecule has 3 nitrogen and oxygen atoms in total. The molecule has 1 heterocycles. The molecule has 0 fully saturated rings. The third-order valence-corrected chi connectivity index (χ3v) is 6.57. The molecule has 0 spiro atoms. The molecule has 19 heavy (non-hydrogen) atoms. The van der Waals surface area contributed by atoms with Crippen molar-refractivity contribution in [3.8, 4) is 0 Å². The molecule has 0 unspecified atom stereocenters. The van der Waals surface area contributed by atoms with Crippen molar-refractivity contribution in [3.05, 3.63) is 34.9 Å². The van der Waals surface area contributed by atoms with E-state index in [0.29, 0.717) is 6.54 Å². The van der Waals surface area contributed by atoms with Crippen LogP contribution in [0, 0.1) is 0 Å². The number of aromatic nitrogens is 1. The molecule has 2 rings (SSSR count). The van der Waals surface area contributed by atoms with Crippen molar-refractivity contribution in [2.75, 3.05) is 5.75 Å². The Hall–Kier alpha value is -0.810. The Morgan fingerprint density at radius 3 is 2.53 bits per heavy atom. The number of hydrogen-bond acceptors (Lipinski definition) is 2. The summed E-state index contributed by atoms with van der Waals surface area (Å²) in [6.07, 6.45) is 1.94. The molecule has 0 saturated heterocycles. The standard InChI is InChI=1S/C14H18BrNO2S/c1-14(2,3)19(17,18)10-9-16-8-7-11-12(15)5-4-6-13(11)16/h4-8H,9-10H2,1-3H3. The average molecular weight is 344 g/mol. The SMILES string of the molecule is CC(C)(C)S(=O)(=O)CCn1ccc2c(Br)cccc21. The van der Waals surface area contributed by atoms with Crippen LogP contribution in [-0.4, -0.2) is 23.5 Å². The molecule has 0 N–H and O–H groups in total. The van der Waals surface area contributed by atoms with Gasteiger partial charge in [-0.15, -0.1) is 0 Å². The number of fused-ring (bicyclic) bond motifs is 1. The van der Waals surface area contributed by atoms with Crippen molar-refractivity contribution in [3.63, 3.8) is 0 Å². The number of halogens is 1. The second-order valence-electron chi connectivity index (χ2n) is 5.61. The summed E-state index contributed by atoms with van der Waals surface area (Å²) < 4.78 is 26.6. The maximum atomic E-state index is 12.1. The summed E-state index contributed by atoms with van der Waals surface area (Å²) in [4.78, 5) is 0. The van der Waals surface area contributed by atoms with E-state index in [4.69, 9.17) is 0 Å². The van der Waals surface area contributed by atoms with Gasteiger partial charge >= 0.3 is 0 Å². The first-order valence-electron chi connectivity index (χ1n) is 6.18. The first kappa shape index (κ1) is 14.6. The normalized spacial score (nSPS) is 13.1.